The lowest BCUT2D eigenvalue weighted by atomic mass is 9.93. The van der Waals surface area contributed by atoms with Gasteiger partial charge in [-0.1, -0.05) is 48.5 Å². The number of carboxylic acid groups (broad SMARTS) is 1. The van der Waals surface area contributed by atoms with Gasteiger partial charge in [0.25, 0.3) is 0 Å². The third-order valence-electron chi connectivity index (χ3n) is 5.22. The summed E-state index contributed by atoms with van der Waals surface area (Å²) in [4.78, 5) is 28.8. The highest BCUT2D eigenvalue weighted by molar-refractivity contribution is 7.18. The van der Waals surface area contributed by atoms with Gasteiger partial charge in [-0.15, -0.1) is 11.3 Å². The number of rotatable bonds is 6. The average molecular weight is 431 g/mol. The van der Waals surface area contributed by atoms with Gasteiger partial charge in [0.05, 0.1) is 21.2 Å². The van der Waals surface area contributed by atoms with E-state index in [9.17, 15) is 9.59 Å². The number of carboxylic acids is 1. The number of amides is 1. The van der Waals surface area contributed by atoms with Gasteiger partial charge in [0.1, 0.15) is 5.01 Å². The molecular weight excluding hydrogens is 408 g/mol. The molecule has 0 spiro atoms. The second-order valence-electron chi connectivity index (χ2n) is 7.88. The van der Waals surface area contributed by atoms with Gasteiger partial charge in [-0.05, 0) is 54.8 Å². The van der Waals surface area contributed by atoms with E-state index >= 15 is 0 Å². The minimum Gasteiger partial charge on any atom is -0.478 e. The molecule has 5 nitrogen and oxygen atoms in total. The van der Waals surface area contributed by atoms with E-state index in [1.54, 1.807) is 18.2 Å². The third-order valence-corrected chi connectivity index (χ3v) is 6.57. The lowest BCUT2D eigenvalue weighted by molar-refractivity contribution is -0.125. The Balaban J connectivity index is 1.54. The number of hydrogen-bond acceptors (Lipinski definition) is 4. The minimum absolute atomic E-state index is 0.157. The monoisotopic (exact) mass is 430 g/mol. The topological polar surface area (TPSA) is 79.3 Å². The molecule has 0 aliphatic rings. The van der Waals surface area contributed by atoms with E-state index in [0.717, 1.165) is 31.9 Å². The molecule has 0 fully saturated rings. The van der Waals surface area contributed by atoms with Crippen molar-refractivity contribution in [2.75, 3.05) is 0 Å². The van der Waals surface area contributed by atoms with Crippen molar-refractivity contribution in [2.24, 2.45) is 0 Å². The van der Waals surface area contributed by atoms with Crippen molar-refractivity contribution in [3.8, 4) is 11.1 Å². The zero-order valence-corrected chi connectivity index (χ0v) is 18.1. The van der Waals surface area contributed by atoms with E-state index in [1.807, 2.05) is 44.2 Å². The largest absolute Gasteiger partial charge is 0.478 e. The second-order valence-corrected chi connectivity index (χ2v) is 8.91. The maximum Gasteiger partial charge on any atom is 0.335 e. The molecule has 0 bridgehead atoms. The number of fused-ring (bicyclic) bond motifs is 1. The highest BCUT2D eigenvalue weighted by Crippen LogP contribution is 2.34. The van der Waals surface area contributed by atoms with Gasteiger partial charge in [-0.25, -0.2) is 9.78 Å². The molecule has 0 unspecified atom stereocenters. The van der Waals surface area contributed by atoms with E-state index in [2.05, 4.69) is 23.5 Å². The fraction of sp³-hybridized carbons (Fsp3) is 0.160. The molecule has 6 heteroatoms. The lowest BCUT2D eigenvalue weighted by Gasteiger charge is -2.21. The first kappa shape index (κ1) is 20.8. The van der Waals surface area contributed by atoms with Gasteiger partial charge in [-0.3, -0.25) is 4.79 Å². The summed E-state index contributed by atoms with van der Waals surface area (Å²) in [6, 6.07) is 22.9. The van der Waals surface area contributed by atoms with Crippen LogP contribution in [0.1, 0.15) is 34.8 Å². The van der Waals surface area contributed by atoms with E-state index in [1.165, 1.54) is 17.4 Å². The fourth-order valence-electron chi connectivity index (χ4n) is 3.32. The number of carbonyl (C=O) groups excluding carboxylic acids is 1. The number of nitrogens with zero attached hydrogens (tertiary/aromatic N) is 1. The first-order valence-electron chi connectivity index (χ1n) is 9.91. The summed E-state index contributed by atoms with van der Waals surface area (Å²) in [6.07, 6.45) is 0. The smallest absolute Gasteiger partial charge is 0.335 e. The molecule has 156 valence electrons. The maximum atomic E-state index is 13.0. The fourth-order valence-corrected chi connectivity index (χ4v) is 4.42. The zero-order chi connectivity index (χ0) is 22.0. The Morgan fingerprint density at radius 1 is 0.968 bits per heavy atom. The van der Waals surface area contributed by atoms with Crippen LogP contribution >= 0.6 is 11.3 Å². The normalized spacial score (nSPS) is 11.4. The summed E-state index contributed by atoms with van der Waals surface area (Å²) >= 11 is 1.52. The Hall–Kier alpha value is -3.51. The number of aromatic nitrogens is 1. The summed E-state index contributed by atoms with van der Waals surface area (Å²) in [5, 5.41) is 12.8. The van der Waals surface area contributed by atoms with Crippen LogP contribution in [-0.4, -0.2) is 22.0 Å². The van der Waals surface area contributed by atoms with Crippen LogP contribution in [-0.2, 0) is 16.8 Å². The summed E-state index contributed by atoms with van der Waals surface area (Å²) < 4.78 is 1.03. The van der Waals surface area contributed by atoms with Gasteiger partial charge in [0.2, 0.25) is 5.91 Å². The molecule has 31 heavy (non-hydrogen) atoms. The molecule has 3 aromatic carbocycles. The Kier molecular flexibility index (Phi) is 5.57. The van der Waals surface area contributed by atoms with Gasteiger partial charge >= 0.3 is 5.97 Å². The molecule has 0 radical (unpaired) electrons. The predicted molar refractivity (Wildman–Crippen MR) is 123 cm³/mol. The number of aromatic carboxylic acids is 1. The molecule has 0 aliphatic carbocycles. The molecule has 2 N–H and O–H groups in total. The van der Waals surface area contributed by atoms with Crippen LogP contribution in [0, 0.1) is 0 Å². The number of carbonyl (C=O) groups is 2. The SMILES string of the molecule is CC(C)(C(=O)NCc1cccc(C(=O)O)c1)c1nc2ccc(-c3ccccc3)cc2s1. The van der Waals surface area contributed by atoms with Crippen molar-refractivity contribution in [1.82, 2.24) is 10.3 Å². The molecule has 4 aromatic rings. The van der Waals surface area contributed by atoms with Crippen LogP contribution in [0.2, 0.25) is 0 Å². The summed E-state index contributed by atoms with van der Waals surface area (Å²) in [5.74, 6) is -1.14. The number of thiazole rings is 1. The maximum absolute atomic E-state index is 13.0. The van der Waals surface area contributed by atoms with Gasteiger partial charge < -0.3 is 10.4 Å². The second kappa shape index (κ2) is 8.32. The van der Waals surface area contributed by atoms with Crippen LogP contribution < -0.4 is 5.32 Å². The summed E-state index contributed by atoms with van der Waals surface area (Å²) in [6.45, 7) is 3.96. The Morgan fingerprint density at radius 2 is 1.74 bits per heavy atom. The third kappa shape index (κ3) is 4.34. The van der Waals surface area contributed by atoms with Crippen molar-refractivity contribution >= 4 is 33.4 Å². The van der Waals surface area contributed by atoms with Crippen LogP contribution in [0.4, 0.5) is 0 Å². The average Bonchev–Trinajstić information content (AvgIpc) is 3.22. The zero-order valence-electron chi connectivity index (χ0n) is 17.3. The minimum atomic E-state index is -0.988. The van der Waals surface area contributed by atoms with Crippen LogP contribution in [0.5, 0.6) is 0 Å². The summed E-state index contributed by atoms with van der Waals surface area (Å²) in [7, 11) is 0. The van der Waals surface area contributed by atoms with E-state index in [-0.39, 0.29) is 18.0 Å². The molecule has 4 rings (SSSR count). The Labute approximate surface area is 184 Å². The number of nitrogens with one attached hydrogen (secondary N) is 1. The van der Waals surface area contributed by atoms with E-state index in [4.69, 9.17) is 10.1 Å². The van der Waals surface area contributed by atoms with Crippen molar-refractivity contribution in [3.05, 3.63) is 88.9 Å². The molecule has 0 saturated heterocycles. The first-order valence-corrected chi connectivity index (χ1v) is 10.7. The van der Waals surface area contributed by atoms with E-state index < -0.39 is 11.4 Å². The van der Waals surface area contributed by atoms with Crippen LogP contribution in [0.25, 0.3) is 21.3 Å². The molecule has 0 saturated carbocycles. The van der Waals surface area contributed by atoms with Crippen molar-refractivity contribution in [3.63, 3.8) is 0 Å². The molecular formula is C25H22N2O3S. The molecule has 1 heterocycles. The van der Waals surface area contributed by atoms with Crippen LogP contribution in [0.15, 0.2) is 72.8 Å². The number of hydrogen-bond donors (Lipinski definition) is 2. The van der Waals surface area contributed by atoms with E-state index in [0.29, 0.717) is 0 Å². The molecule has 0 aliphatic heterocycles. The quantitative estimate of drug-likeness (QED) is 0.438. The Morgan fingerprint density at radius 3 is 2.48 bits per heavy atom. The Bertz CT molecular complexity index is 1260. The number of benzene rings is 3. The van der Waals surface area contributed by atoms with Crippen LogP contribution in [0.3, 0.4) is 0 Å². The highest BCUT2D eigenvalue weighted by atomic mass is 32.1. The predicted octanol–water partition coefficient (Wildman–Crippen LogP) is 5.26. The highest BCUT2D eigenvalue weighted by Gasteiger charge is 2.33. The standard InChI is InChI=1S/C25H22N2O3S/c1-25(2,23(30)26-15-16-7-6-10-19(13-16)22(28)29)24-27-20-12-11-18(14-21(20)31-24)17-8-4-3-5-9-17/h3-14H,15H2,1-2H3,(H,26,30)(H,28,29). The first-order chi connectivity index (χ1) is 14.8. The van der Waals surface area contributed by atoms with Gasteiger partial charge in [-0.2, -0.15) is 0 Å². The summed E-state index contributed by atoms with van der Waals surface area (Å²) in [5.41, 5.74) is 3.24. The van der Waals surface area contributed by atoms with Crippen molar-refractivity contribution < 1.29 is 14.7 Å². The van der Waals surface area contributed by atoms with Gasteiger partial charge in [0.15, 0.2) is 0 Å². The molecule has 1 aromatic heterocycles. The van der Waals surface area contributed by atoms with Gasteiger partial charge in [0, 0.05) is 6.54 Å². The van der Waals surface area contributed by atoms with Crippen molar-refractivity contribution in [2.45, 2.75) is 25.8 Å². The molecule has 1 amide bonds. The van der Waals surface area contributed by atoms with Crippen molar-refractivity contribution in [1.29, 1.82) is 0 Å². The lowest BCUT2D eigenvalue weighted by Crippen LogP contribution is -2.39. The molecule has 0 atom stereocenters.